The largest absolute Gasteiger partial charge is 0.390 e. The van der Waals surface area contributed by atoms with E-state index in [0.717, 1.165) is 11.4 Å². The first kappa shape index (κ1) is 14.3. The van der Waals surface area contributed by atoms with Crippen molar-refractivity contribution in [1.82, 2.24) is 15.0 Å². The lowest BCUT2D eigenvalue weighted by molar-refractivity contribution is 0.273. The van der Waals surface area contributed by atoms with Gasteiger partial charge in [-0.3, -0.25) is 0 Å². The Bertz CT molecular complexity index is 573. The predicted octanol–water partition coefficient (Wildman–Crippen LogP) is 3.43. The molecular weight excluding hydrogens is 262 g/mol. The van der Waals surface area contributed by atoms with Gasteiger partial charge in [0.15, 0.2) is 0 Å². The van der Waals surface area contributed by atoms with E-state index in [0.29, 0.717) is 5.92 Å². The number of nitrogens with zero attached hydrogens (tertiary/aromatic N) is 3. The molecule has 0 amide bonds. The first-order valence-electron chi connectivity index (χ1n) is 7.91. The van der Waals surface area contributed by atoms with E-state index in [1.165, 1.54) is 37.7 Å². The van der Waals surface area contributed by atoms with Crippen molar-refractivity contribution >= 4 is 0 Å². The summed E-state index contributed by atoms with van der Waals surface area (Å²) in [4.78, 5) is 0. The number of aromatic nitrogens is 3. The summed E-state index contributed by atoms with van der Waals surface area (Å²) in [5, 5.41) is 18.2. The molecular formula is C17H23N3O. The molecule has 4 nitrogen and oxygen atoms in total. The van der Waals surface area contributed by atoms with Crippen molar-refractivity contribution < 1.29 is 5.11 Å². The zero-order chi connectivity index (χ0) is 14.7. The van der Waals surface area contributed by atoms with E-state index in [1.807, 2.05) is 10.7 Å². The Morgan fingerprint density at radius 1 is 1.19 bits per heavy atom. The minimum atomic E-state index is -0.0205. The van der Waals surface area contributed by atoms with Crippen LogP contribution in [0.3, 0.4) is 0 Å². The molecule has 1 fully saturated rings. The molecule has 1 aromatic carbocycles. The summed E-state index contributed by atoms with van der Waals surface area (Å²) >= 11 is 0. The van der Waals surface area contributed by atoms with Gasteiger partial charge >= 0.3 is 0 Å². The summed E-state index contributed by atoms with van der Waals surface area (Å²) in [6.07, 6.45) is 6.21. The number of hydrogen-bond donors (Lipinski definition) is 1. The maximum atomic E-state index is 9.60. The highest BCUT2D eigenvalue weighted by Gasteiger charge is 2.26. The van der Waals surface area contributed by atoms with E-state index >= 15 is 0 Å². The molecule has 112 valence electrons. The second-order valence-corrected chi connectivity index (χ2v) is 5.95. The normalized spacial score (nSPS) is 17.8. The van der Waals surface area contributed by atoms with Crippen LogP contribution < -0.4 is 0 Å². The lowest BCUT2D eigenvalue weighted by Crippen LogP contribution is -2.17. The van der Waals surface area contributed by atoms with Crippen molar-refractivity contribution in [2.24, 2.45) is 0 Å². The maximum Gasteiger partial charge on any atom is 0.112 e. The van der Waals surface area contributed by atoms with Gasteiger partial charge in [0.1, 0.15) is 5.69 Å². The van der Waals surface area contributed by atoms with Gasteiger partial charge in [0.25, 0.3) is 0 Å². The van der Waals surface area contributed by atoms with E-state index in [1.54, 1.807) is 0 Å². The van der Waals surface area contributed by atoms with Gasteiger partial charge in [0, 0.05) is 5.92 Å². The number of hydrogen-bond acceptors (Lipinski definition) is 3. The van der Waals surface area contributed by atoms with Crippen LogP contribution >= 0.6 is 0 Å². The van der Waals surface area contributed by atoms with Gasteiger partial charge in [-0.2, -0.15) is 0 Å². The van der Waals surface area contributed by atoms with Crippen LogP contribution in [0.15, 0.2) is 30.3 Å². The lowest BCUT2D eigenvalue weighted by Gasteiger charge is -2.25. The van der Waals surface area contributed by atoms with Crippen LogP contribution in [-0.4, -0.2) is 20.1 Å². The summed E-state index contributed by atoms with van der Waals surface area (Å²) < 4.78 is 2.02. The molecule has 0 spiro atoms. The van der Waals surface area contributed by atoms with Crippen LogP contribution in [0.5, 0.6) is 0 Å². The quantitative estimate of drug-likeness (QED) is 0.936. The maximum absolute atomic E-state index is 9.60. The number of aliphatic hydroxyl groups excluding tert-OH is 1. The summed E-state index contributed by atoms with van der Waals surface area (Å²) in [6.45, 7) is 2.13. The van der Waals surface area contributed by atoms with E-state index in [2.05, 4.69) is 41.5 Å². The fourth-order valence-corrected chi connectivity index (χ4v) is 3.40. The smallest absolute Gasteiger partial charge is 0.112 e. The van der Waals surface area contributed by atoms with E-state index in [4.69, 9.17) is 0 Å². The molecule has 1 heterocycles. The second kappa shape index (κ2) is 6.39. The molecule has 0 bridgehead atoms. The van der Waals surface area contributed by atoms with Crippen molar-refractivity contribution in [1.29, 1.82) is 0 Å². The molecule has 21 heavy (non-hydrogen) atoms. The zero-order valence-electron chi connectivity index (χ0n) is 12.6. The summed E-state index contributed by atoms with van der Waals surface area (Å²) in [5.41, 5.74) is 3.13. The molecule has 1 saturated carbocycles. The molecule has 1 aliphatic rings. The highest BCUT2D eigenvalue weighted by Crippen LogP contribution is 2.35. The SMILES string of the molecule is CC(c1ccccc1)n1nnc(CO)c1C1CCCCC1. The molecule has 1 aliphatic carbocycles. The molecule has 1 unspecified atom stereocenters. The predicted molar refractivity (Wildman–Crippen MR) is 82.0 cm³/mol. The van der Waals surface area contributed by atoms with Gasteiger partial charge in [-0.25, -0.2) is 4.68 Å². The van der Waals surface area contributed by atoms with Crippen molar-refractivity contribution in [2.75, 3.05) is 0 Å². The van der Waals surface area contributed by atoms with Crippen LogP contribution in [0.1, 0.15) is 67.9 Å². The van der Waals surface area contributed by atoms with Crippen LogP contribution in [0.2, 0.25) is 0 Å². The third kappa shape index (κ3) is 2.86. The van der Waals surface area contributed by atoms with Gasteiger partial charge in [0.05, 0.1) is 18.3 Å². The minimum Gasteiger partial charge on any atom is -0.390 e. The average Bonchev–Trinajstić information content (AvgIpc) is 2.99. The highest BCUT2D eigenvalue weighted by atomic mass is 16.3. The number of aliphatic hydroxyl groups is 1. The van der Waals surface area contributed by atoms with Gasteiger partial charge in [-0.15, -0.1) is 5.10 Å². The van der Waals surface area contributed by atoms with Crippen molar-refractivity contribution in [3.63, 3.8) is 0 Å². The average molecular weight is 285 g/mol. The third-order valence-corrected chi connectivity index (χ3v) is 4.59. The Morgan fingerprint density at radius 3 is 2.57 bits per heavy atom. The fourth-order valence-electron chi connectivity index (χ4n) is 3.40. The monoisotopic (exact) mass is 285 g/mol. The van der Waals surface area contributed by atoms with Crippen LogP contribution in [0, 0.1) is 0 Å². The molecule has 0 radical (unpaired) electrons. The second-order valence-electron chi connectivity index (χ2n) is 5.95. The highest BCUT2D eigenvalue weighted by molar-refractivity contribution is 5.23. The molecule has 4 heteroatoms. The van der Waals surface area contributed by atoms with E-state index in [-0.39, 0.29) is 12.6 Å². The van der Waals surface area contributed by atoms with Gasteiger partial charge < -0.3 is 5.11 Å². The number of rotatable bonds is 4. The third-order valence-electron chi connectivity index (χ3n) is 4.59. The van der Waals surface area contributed by atoms with Gasteiger partial charge in [0.2, 0.25) is 0 Å². The Morgan fingerprint density at radius 2 is 1.90 bits per heavy atom. The van der Waals surface area contributed by atoms with E-state index < -0.39 is 0 Å². The van der Waals surface area contributed by atoms with Gasteiger partial charge in [-0.1, -0.05) is 54.8 Å². The Balaban J connectivity index is 1.96. The fraction of sp³-hybridized carbons (Fsp3) is 0.529. The molecule has 0 saturated heterocycles. The summed E-state index contributed by atoms with van der Waals surface area (Å²) in [7, 11) is 0. The molecule has 1 aromatic heterocycles. The topological polar surface area (TPSA) is 50.9 Å². The van der Waals surface area contributed by atoms with Crippen molar-refractivity contribution in [3.05, 3.63) is 47.3 Å². The van der Waals surface area contributed by atoms with Crippen LogP contribution in [-0.2, 0) is 6.61 Å². The van der Waals surface area contributed by atoms with Crippen molar-refractivity contribution in [3.8, 4) is 0 Å². The molecule has 2 aromatic rings. The summed E-state index contributed by atoms with van der Waals surface area (Å²) in [5.74, 6) is 0.488. The molecule has 0 aliphatic heterocycles. The van der Waals surface area contributed by atoms with Crippen molar-refractivity contribution in [2.45, 2.75) is 57.6 Å². The minimum absolute atomic E-state index is 0.0205. The molecule has 3 rings (SSSR count). The lowest BCUT2D eigenvalue weighted by atomic mass is 9.86. The van der Waals surface area contributed by atoms with Crippen LogP contribution in [0.4, 0.5) is 0 Å². The zero-order valence-corrected chi connectivity index (χ0v) is 12.6. The van der Waals surface area contributed by atoms with Crippen LogP contribution in [0.25, 0.3) is 0 Å². The summed E-state index contributed by atoms with van der Waals surface area (Å²) in [6, 6.07) is 10.5. The standard InChI is InChI=1S/C17H23N3O/c1-13(14-8-4-2-5-9-14)20-17(16(12-21)18-19-20)15-10-6-3-7-11-15/h2,4-5,8-9,13,15,21H,3,6-7,10-12H2,1H3. The Kier molecular flexibility index (Phi) is 4.34. The van der Waals surface area contributed by atoms with Gasteiger partial charge in [-0.05, 0) is 25.3 Å². The first-order chi connectivity index (χ1) is 10.3. The number of benzene rings is 1. The molecule has 1 atom stereocenters. The Hall–Kier alpha value is -1.68. The van der Waals surface area contributed by atoms with E-state index in [9.17, 15) is 5.11 Å². The first-order valence-corrected chi connectivity index (χ1v) is 7.91. The molecule has 1 N–H and O–H groups in total. The Labute approximate surface area is 125 Å².